The van der Waals surface area contributed by atoms with E-state index in [0.717, 1.165) is 0 Å². The molecule has 1 saturated heterocycles. The summed E-state index contributed by atoms with van der Waals surface area (Å²) in [5.74, 6) is 0.0494. The highest BCUT2D eigenvalue weighted by molar-refractivity contribution is 6.33. The van der Waals surface area contributed by atoms with Gasteiger partial charge in [-0.15, -0.1) is 0 Å². The fourth-order valence-corrected chi connectivity index (χ4v) is 2.59. The smallest absolute Gasteiger partial charge is 0.319 e. The van der Waals surface area contributed by atoms with Gasteiger partial charge in [0.25, 0.3) is 0 Å². The third-order valence-corrected chi connectivity index (χ3v) is 3.86. The van der Waals surface area contributed by atoms with Crippen LogP contribution in [0.4, 0.5) is 16.2 Å². The molecule has 1 aliphatic heterocycles. The van der Waals surface area contributed by atoms with Crippen LogP contribution >= 0.6 is 11.6 Å². The quantitative estimate of drug-likeness (QED) is 0.730. The summed E-state index contributed by atoms with van der Waals surface area (Å²) in [6, 6.07) is 4.31. The molecule has 1 aromatic rings. The van der Waals surface area contributed by atoms with Gasteiger partial charge in [0.1, 0.15) is 0 Å². The van der Waals surface area contributed by atoms with Crippen LogP contribution in [0.1, 0.15) is 27.2 Å². The lowest BCUT2D eigenvalue weighted by atomic mass is 10.1. The topological polar surface area (TPSA) is 87.5 Å². The lowest BCUT2D eigenvalue weighted by Crippen LogP contribution is -2.45. The molecule has 2 rings (SSSR count). The molecule has 1 unspecified atom stereocenters. The van der Waals surface area contributed by atoms with Crippen molar-refractivity contribution in [3.8, 4) is 0 Å². The second-order valence-electron chi connectivity index (χ2n) is 6.41. The first-order valence-electron chi connectivity index (χ1n) is 7.10. The molecule has 0 spiro atoms. The van der Waals surface area contributed by atoms with Crippen molar-refractivity contribution in [1.29, 1.82) is 0 Å². The first kappa shape index (κ1) is 16.4. The molecule has 7 heteroatoms. The fraction of sp³-hybridized carbons (Fsp3) is 0.467. The highest BCUT2D eigenvalue weighted by Crippen LogP contribution is 2.23. The van der Waals surface area contributed by atoms with Gasteiger partial charge in [0.05, 0.1) is 16.8 Å². The molecule has 0 saturated carbocycles. The normalized spacial score (nSPS) is 18.5. The standard InChI is InChI=1S/C15H21ClN4O2/c1-15(2,3)20-8-10(7-13(20)21)19-14(22)18-9-4-5-12(17)11(16)6-9/h4-6,10H,7-8,17H2,1-3H3,(H2,18,19,22). The average molecular weight is 325 g/mol. The summed E-state index contributed by atoms with van der Waals surface area (Å²) in [5.41, 5.74) is 6.38. The third-order valence-electron chi connectivity index (χ3n) is 3.53. The summed E-state index contributed by atoms with van der Waals surface area (Å²) in [5, 5.41) is 5.87. The maximum Gasteiger partial charge on any atom is 0.319 e. The van der Waals surface area contributed by atoms with E-state index in [4.69, 9.17) is 17.3 Å². The van der Waals surface area contributed by atoms with Crippen molar-refractivity contribution in [2.45, 2.75) is 38.8 Å². The molecule has 0 aliphatic carbocycles. The maximum absolute atomic E-state index is 12.0. The van der Waals surface area contributed by atoms with Crippen LogP contribution in [-0.4, -0.2) is 35.0 Å². The summed E-state index contributed by atoms with van der Waals surface area (Å²) < 4.78 is 0. The molecule has 3 amide bonds. The van der Waals surface area contributed by atoms with Crippen molar-refractivity contribution in [1.82, 2.24) is 10.2 Å². The number of urea groups is 1. The Kier molecular flexibility index (Phi) is 4.51. The van der Waals surface area contributed by atoms with Crippen molar-refractivity contribution >= 4 is 34.9 Å². The number of nitrogens with one attached hydrogen (secondary N) is 2. The zero-order valence-electron chi connectivity index (χ0n) is 12.9. The SMILES string of the molecule is CC(C)(C)N1CC(NC(=O)Nc2ccc(N)c(Cl)c2)CC1=O. The van der Waals surface area contributed by atoms with Crippen LogP contribution in [0.15, 0.2) is 18.2 Å². The molecule has 120 valence electrons. The number of carbonyl (C=O) groups is 2. The van der Waals surface area contributed by atoms with E-state index in [0.29, 0.717) is 29.4 Å². The second-order valence-corrected chi connectivity index (χ2v) is 6.82. The van der Waals surface area contributed by atoms with Gasteiger partial charge in [-0.2, -0.15) is 0 Å². The second kappa shape index (κ2) is 6.04. The number of hydrogen-bond acceptors (Lipinski definition) is 3. The van der Waals surface area contributed by atoms with E-state index in [1.807, 2.05) is 20.8 Å². The van der Waals surface area contributed by atoms with Crippen LogP contribution in [0.25, 0.3) is 0 Å². The number of benzene rings is 1. The maximum atomic E-state index is 12.0. The molecular weight excluding hydrogens is 304 g/mol. The molecule has 1 atom stereocenters. The highest BCUT2D eigenvalue weighted by atomic mass is 35.5. The van der Waals surface area contributed by atoms with E-state index < -0.39 is 0 Å². The lowest BCUT2D eigenvalue weighted by Gasteiger charge is -2.32. The molecule has 6 nitrogen and oxygen atoms in total. The minimum atomic E-state index is -0.366. The highest BCUT2D eigenvalue weighted by Gasteiger charge is 2.36. The number of carbonyl (C=O) groups excluding carboxylic acids is 2. The fourth-order valence-electron chi connectivity index (χ4n) is 2.41. The van der Waals surface area contributed by atoms with Gasteiger partial charge in [-0.3, -0.25) is 4.79 Å². The largest absolute Gasteiger partial charge is 0.398 e. The third kappa shape index (κ3) is 3.82. The van der Waals surface area contributed by atoms with Gasteiger partial charge in [-0.05, 0) is 39.0 Å². The molecule has 1 fully saturated rings. The van der Waals surface area contributed by atoms with Crippen LogP contribution < -0.4 is 16.4 Å². The average Bonchev–Trinajstić information content (AvgIpc) is 2.74. The van der Waals surface area contributed by atoms with Gasteiger partial charge in [0, 0.05) is 24.2 Å². The number of halogens is 1. The summed E-state index contributed by atoms with van der Waals surface area (Å²) in [6.07, 6.45) is 0.313. The first-order valence-corrected chi connectivity index (χ1v) is 7.47. The van der Waals surface area contributed by atoms with Gasteiger partial charge >= 0.3 is 6.03 Å². The van der Waals surface area contributed by atoms with Gasteiger partial charge in [-0.1, -0.05) is 11.6 Å². The van der Waals surface area contributed by atoms with E-state index in [2.05, 4.69) is 10.6 Å². The molecule has 22 heavy (non-hydrogen) atoms. The van der Waals surface area contributed by atoms with Crippen LogP contribution in [0.5, 0.6) is 0 Å². The molecule has 1 aliphatic rings. The zero-order chi connectivity index (χ0) is 16.5. The number of nitrogens with two attached hydrogens (primary N) is 1. The van der Waals surface area contributed by atoms with Crippen molar-refractivity contribution in [2.24, 2.45) is 0 Å². The Balaban J connectivity index is 1.93. The number of hydrogen-bond donors (Lipinski definition) is 3. The number of nitrogens with zero attached hydrogens (tertiary/aromatic N) is 1. The number of rotatable bonds is 2. The Labute approximate surface area is 135 Å². The summed E-state index contributed by atoms with van der Waals surface area (Å²) >= 11 is 5.91. The molecule has 0 radical (unpaired) electrons. The zero-order valence-corrected chi connectivity index (χ0v) is 13.7. The van der Waals surface area contributed by atoms with Crippen LogP contribution in [-0.2, 0) is 4.79 Å². The predicted molar refractivity (Wildman–Crippen MR) is 87.9 cm³/mol. The van der Waals surface area contributed by atoms with Crippen molar-refractivity contribution in [2.75, 3.05) is 17.6 Å². The minimum Gasteiger partial charge on any atom is -0.398 e. The summed E-state index contributed by atoms with van der Waals surface area (Å²) in [4.78, 5) is 25.8. The Morgan fingerprint density at radius 1 is 1.41 bits per heavy atom. The number of nitrogen functional groups attached to an aromatic ring is 1. The van der Waals surface area contributed by atoms with E-state index >= 15 is 0 Å². The Bertz CT molecular complexity index is 598. The van der Waals surface area contributed by atoms with E-state index in [1.54, 1.807) is 23.1 Å². The number of likely N-dealkylation sites (tertiary alicyclic amines) is 1. The summed E-state index contributed by atoms with van der Waals surface area (Å²) in [6.45, 7) is 6.44. The van der Waals surface area contributed by atoms with Gasteiger partial charge < -0.3 is 21.3 Å². The molecule has 0 bridgehead atoms. The Hall–Kier alpha value is -1.95. The summed E-state index contributed by atoms with van der Waals surface area (Å²) in [7, 11) is 0. The molecular formula is C15H21ClN4O2. The van der Waals surface area contributed by atoms with Crippen molar-refractivity contribution in [3.05, 3.63) is 23.2 Å². The molecule has 4 N–H and O–H groups in total. The molecule has 1 heterocycles. The van der Waals surface area contributed by atoms with Crippen LogP contribution in [0.2, 0.25) is 5.02 Å². The van der Waals surface area contributed by atoms with Crippen molar-refractivity contribution < 1.29 is 9.59 Å². The Morgan fingerprint density at radius 2 is 2.09 bits per heavy atom. The van der Waals surface area contributed by atoms with Crippen molar-refractivity contribution in [3.63, 3.8) is 0 Å². The number of amides is 3. The predicted octanol–water partition coefficient (Wildman–Crippen LogP) is 2.44. The lowest BCUT2D eigenvalue weighted by molar-refractivity contribution is -0.131. The van der Waals surface area contributed by atoms with E-state index in [-0.39, 0.29) is 23.5 Å². The van der Waals surface area contributed by atoms with Crippen LogP contribution in [0.3, 0.4) is 0 Å². The first-order chi connectivity index (χ1) is 10.2. The minimum absolute atomic E-state index is 0.0494. The van der Waals surface area contributed by atoms with Gasteiger partial charge in [0.2, 0.25) is 5.91 Å². The van der Waals surface area contributed by atoms with E-state index in [9.17, 15) is 9.59 Å². The van der Waals surface area contributed by atoms with Crippen LogP contribution in [0, 0.1) is 0 Å². The Morgan fingerprint density at radius 3 is 2.64 bits per heavy atom. The van der Waals surface area contributed by atoms with E-state index in [1.165, 1.54) is 0 Å². The monoisotopic (exact) mass is 324 g/mol. The number of anilines is 2. The van der Waals surface area contributed by atoms with Gasteiger partial charge in [0.15, 0.2) is 0 Å². The molecule has 1 aromatic carbocycles. The van der Waals surface area contributed by atoms with Gasteiger partial charge in [-0.25, -0.2) is 4.79 Å². The molecule has 0 aromatic heterocycles.